The summed E-state index contributed by atoms with van der Waals surface area (Å²) in [6.07, 6.45) is 5.70. The molecule has 0 bridgehead atoms. The summed E-state index contributed by atoms with van der Waals surface area (Å²) >= 11 is 0. The minimum atomic E-state index is -1.02. The topological polar surface area (TPSA) is 61.1 Å². The van der Waals surface area contributed by atoms with Crippen molar-refractivity contribution in [3.05, 3.63) is 11.6 Å². The Balaban J connectivity index is 2.72. The van der Waals surface area contributed by atoms with Crippen molar-refractivity contribution in [2.24, 2.45) is 5.92 Å². The molecule has 1 unspecified atom stereocenters. The van der Waals surface area contributed by atoms with E-state index in [0.717, 1.165) is 31.3 Å². The van der Waals surface area contributed by atoms with Crippen LogP contribution in [0.5, 0.6) is 0 Å². The molecule has 1 rings (SSSR count). The molecule has 1 atom stereocenters. The zero-order valence-corrected chi connectivity index (χ0v) is 6.79. The molecule has 0 amide bonds. The molecule has 0 aromatic carbocycles. The number of carbonyl (C=O) groups is 1. The highest BCUT2D eigenvalue weighted by molar-refractivity contribution is 5.76. The molecular formula is C9H11NO2. The van der Waals surface area contributed by atoms with E-state index in [-0.39, 0.29) is 0 Å². The largest absolute Gasteiger partial charge is 0.480 e. The molecule has 1 N–H and O–H groups in total. The molecule has 64 valence electrons. The number of carboxylic acids is 1. The molecule has 0 aromatic rings. The molecule has 0 heterocycles. The summed E-state index contributed by atoms with van der Waals surface area (Å²) in [5, 5.41) is 17.2. The Kier molecular flexibility index (Phi) is 2.87. The Labute approximate surface area is 71.3 Å². The summed E-state index contributed by atoms with van der Waals surface area (Å²) in [5.74, 6) is -1.93. The van der Waals surface area contributed by atoms with Gasteiger partial charge in [0.2, 0.25) is 0 Å². The Morgan fingerprint density at radius 1 is 1.67 bits per heavy atom. The fourth-order valence-electron chi connectivity index (χ4n) is 1.42. The fraction of sp³-hybridized carbons (Fsp3) is 0.556. The Hall–Kier alpha value is -1.30. The van der Waals surface area contributed by atoms with E-state index < -0.39 is 11.9 Å². The normalized spacial score (nSPS) is 19.1. The summed E-state index contributed by atoms with van der Waals surface area (Å²) in [7, 11) is 0. The molecule has 0 aromatic heterocycles. The van der Waals surface area contributed by atoms with E-state index in [9.17, 15) is 4.79 Å². The van der Waals surface area contributed by atoms with Crippen molar-refractivity contribution in [3.63, 3.8) is 0 Å². The molecule has 3 heteroatoms. The number of hydrogen-bond acceptors (Lipinski definition) is 2. The second kappa shape index (κ2) is 3.91. The highest BCUT2D eigenvalue weighted by atomic mass is 16.4. The van der Waals surface area contributed by atoms with Crippen LogP contribution >= 0.6 is 0 Å². The minimum absolute atomic E-state index is 0.768. The third kappa shape index (κ3) is 1.85. The van der Waals surface area contributed by atoms with E-state index in [1.54, 1.807) is 6.07 Å². The van der Waals surface area contributed by atoms with Crippen LogP contribution in [-0.2, 0) is 4.79 Å². The Morgan fingerprint density at radius 3 is 2.83 bits per heavy atom. The summed E-state index contributed by atoms with van der Waals surface area (Å²) in [6, 6.07) is 1.80. The predicted octanol–water partition coefficient (Wildman–Crippen LogP) is 1.71. The van der Waals surface area contributed by atoms with Crippen molar-refractivity contribution in [1.82, 2.24) is 0 Å². The number of hydrogen-bond donors (Lipinski definition) is 1. The molecule has 0 aliphatic heterocycles. The highest BCUT2D eigenvalue weighted by Gasteiger charge is 2.22. The number of carboxylic acid groups (broad SMARTS) is 1. The van der Waals surface area contributed by atoms with Crippen molar-refractivity contribution < 1.29 is 9.90 Å². The second-order valence-electron chi connectivity index (χ2n) is 2.93. The smallest absolute Gasteiger partial charge is 0.325 e. The number of nitrogens with zero attached hydrogens (tertiary/aromatic N) is 1. The number of aliphatic carboxylic acids is 1. The first-order valence-electron chi connectivity index (χ1n) is 4.07. The van der Waals surface area contributed by atoms with E-state index in [1.807, 2.05) is 6.08 Å². The number of nitriles is 1. The van der Waals surface area contributed by atoms with E-state index in [4.69, 9.17) is 10.4 Å². The van der Waals surface area contributed by atoms with Crippen molar-refractivity contribution >= 4 is 5.97 Å². The number of rotatable bonds is 2. The predicted molar refractivity (Wildman–Crippen MR) is 43.3 cm³/mol. The maximum absolute atomic E-state index is 10.6. The summed E-state index contributed by atoms with van der Waals surface area (Å²) in [6.45, 7) is 0. The molecule has 0 spiro atoms. The van der Waals surface area contributed by atoms with Gasteiger partial charge in [-0.25, -0.2) is 0 Å². The van der Waals surface area contributed by atoms with Crippen LogP contribution in [0.15, 0.2) is 11.6 Å². The van der Waals surface area contributed by atoms with E-state index in [1.165, 1.54) is 0 Å². The van der Waals surface area contributed by atoms with Crippen LogP contribution in [0.1, 0.15) is 25.7 Å². The van der Waals surface area contributed by atoms with Crippen LogP contribution < -0.4 is 0 Å². The molecular weight excluding hydrogens is 154 g/mol. The van der Waals surface area contributed by atoms with Crippen molar-refractivity contribution in [1.29, 1.82) is 5.26 Å². The van der Waals surface area contributed by atoms with Crippen molar-refractivity contribution in [2.45, 2.75) is 25.7 Å². The van der Waals surface area contributed by atoms with Gasteiger partial charge in [0.1, 0.15) is 0 Å². The van der Waals surface area contributed by atoms with Gasteiger partial charge in [-0.1, -0.05) is 6.08 Å². The first-order chi connectivity index (χ1) is 5.75. The van der Waals surface area contributed by atoms with E-state index >= 15 is 0 Å². The zero-order valence-electron chi connectivity index (χ0n) is 6.79. The lowest BCUT2D eigenvalue weighted by Crippen LogP contribution is -2.15. The van der Waals surface area contributed by atoms with E-state index in [0.29, 0.717) is 0 Å². The fourth-order valence-corrected chi connectivity index (χ4v) is 1.42. The first kappa shape index (κ1) is 8.79. The van der Waals surface area contributed by atoms with Gasteiger partial charge in [-0.3, -0.25) is 4.79 Å². The van der Waals surface area contributed by atoms with Crippen molar-refractivity contribution in [2.75, 3.05) is 0 Å². The summed E-state index contributed by atoms with van der Waals surface area (Å²) in [4.78, 5) is 10.6. The second-order valence-corrected chi connectivity index (χ2v) is 2.93. The van der Waals surface area contributed by atoms with Crippen molar-refractivity contribution in [3.8, 4) is 6.07 Å². The third-order valence-corrected chi connectivity index (χ3v) is 2.07. The molecule has 1 aliphatic carbocycles. The molecule has 0 radical (unpaired) electrons. The molecule has 12 heavy (non-hydrogen) atoms. The van der Waals surface area contributed by atoms with Crippen LogP contribution in [0.3, 0.4) is 0 Å². The zero-order chi connectivity index (χ0) is 8.97. The minimum Gasteiger partial charge on any atom is -0.480 e. The maximum atomic E-state index is 10.6. The van der Waals surface area contributed by atoms with Gasteiger partial charge >= 0.3 is 5.97 Å². The maximum Gasteiger partial charge on any atom is 0.325 e. The van der Waals surface area contributed by atoms with Crippen LogP contribution in [0, 0.1) is 17.2 Å². The molecule has 0 saturated carbocycles. The lowest BCUT2D eigenvalue weighted by atomic mass is 9.90. The standard InChI is InChI=1S/C9H11NO2/c10-6-8(9(11)12)7-4-2-1-3-5-7/h4,8H,1-3,5H2,(H,11,12). The molecule has 0 fully saturated rings. The van der Waals surface area contributed by atoms with Crippen LogP contribution in [0.25, 0.3) is 0 Å². The summed E-state index contributed by atoms with van der Waals surface area (Å²) < 4.78 is 0. The Morgan fingerprint density at radius 2 is 2.42 bits per heavy atom. The van der Waals surface area contributed by atoms with Gasteiger partial charge in [-0.2, -0.15) is 5.26 Å². The molecule has 1 aliphatic rings. The average molecular weight is 165 g/mol. The lowest BCUT2D eigenvalue weighted by molar-refractivity contribution is -0.138. The monoisotopic (exact) mass is 165 g/mol. The van der Waals surface area contributed by atoms with Gasteiger partial charge in [0.05, 0.1) is 6.07 Å². The molecule has 0 saturated heterocycles. The third-order valence-electron chi connectivity index (χ3n) is 2.07. The quantitative estimate of drug-likeness (QED) is 0.633. The Bertz CT molecular complexity index is 250. The van der Waals surface area contributed by atoms with Gasteiger partial charge in [-0.05, 0) is 31.3 Å². The van der Waals surface area contributed by atoms with Crippen LogP contribution in [-0.4, -0.2) is 11.1 Å². The first-order valence-corrected chi connectivity index (χ1v) is 4.07. The summed E-state index contributed by atoms with van der Waals surface area (Å²) in [5.41, 5.74) is 0.788. The van der Waals surface area contributed by atoms with Gasteiger partial charge in [-0.15, -0.1) is 0 Å². The van der Waals surface area contributed by atoms with Gasteiger partial charge in [0.15, 0.2) is 5.92 Å². The van der Waals surface area contributed by atoms with Gasteiger partial charge in [0, 0.05) is 0 Å². The van der Waals surface area contributed by atoms with Gasteiger partial charge in [0.25, 0.3) is 0 Å². The van der Waals surface area contributed by atoms with Gasteiger partial charge < -0.3 is 5.11 Å². The molecule has 3 nitrogen and oxygen atoms in total. The number of allylic oxidation sites excluding steroid dienone is 1. The van der Waals surface area contributed by atoms with Crippen LogP contribution in [0.4, 0.5) is 0 Å². The average Bonchev–Trinajstić information content (AvgIpc) is 2.07. The van der Waals surface area contributed by atoms with Crippen LogP contribution in [0.2, 0.25) is 0 Å². The lowest BCUT2D eigenvalue weighted by Gasteiger charge is -2.13. The SMILES string of the molecule is N#CC(C(=O)O)C1=CCCCC1. The highest BCUT2D eigenvalue weighted by Crippen LogP contribution is 2.23. The van der Waals surface area contributed by atoms with E-state index in [2.05, 4.69) is 0 Å².